The number of carboxylic acids is 1. The monoisotopic (exact) mass is 260 g/mol. The summed E-state index contributed by atoms with van der Waals surface area (Å²) in [6.45, 7) is 3.84. The summed E-state index contributed by atoms with van der Waals surface area (Å²) in [5.74, 6) is -1.33. The van der Waals surface area contributed by atoms with Gasteiger partial charge in [-0.25, -0.2) is 9.18 Å². The molecule has 0 saturated carbocycles. The molecule has 0 heterocycles. The molecule has 1 N–H and O–H groups in total. The number of carboxylic acid groups (broad SMARTS) is 1. The number of ether oxygens (including phenoxy) is 1. The minimum absolute atomic E-state index is 0.00926. The normalized spacial score (nSPS) is 10.3. The molecule has 0 saturated heterocycles. The topological polar surface area (TPSA) is 46.5 Å². The SMILES string of the molecule is Cc1cc(C)cc(Oc2ccc(C(=O)O)cc2F)c1. The Morgan fingerprint density at radius 1 is 1.11 bits per heavy atom. The summed E-state index contributed by atoms with van der Waals surface area (Å²) in [7, 11) is 0. The molecule has 19 heavy (non-hydrogen) atoms. The largest absolute Gasteiger partial charge is 0.478 e. The van der Waals surface area contributed by atoms with Gasteiger partial charge in [-0.2, -0.15) is 0 Å². The number of aryl methyl sites for hydroxylation is 2. The minimum Gasteiger partial charge on any atom is -0.478 e. The van der Waals surface area contributed by atoms with Gasteiger partial charge < -0.3 is 9.84 Å². The summed E-state index contributed by atoms with van der Waals surface area (Å²) in [6.07, 6.45) is 0. The molecule has 0 amide bonds. The first kappa shape index (κ1) is 13.1. The molecular formula is C15H13FO3. The number of benzene rings is 2. The third kappa shape index (κ3) is 3.10. The predicted octanol–water partition coefficient (Wildman–Crippen LogP) is 3.93. The van der Waals surface area contributed by atoms with Crippen LogP contribution in [0.4, 0.5) is 4.39 Å². The van der Waals surface area contributed by atoms with Crippen LogP contribution in [0.3, 0.4) is 0 Å². The highest BCUT2D eigenvalue weighted by atomic mass is 19.1. The number of aromatic carboxylic acids is 1. The second-order valence-corrected chi connectivity index (χ2v) is 4.38. The van der Waals surface area contributed by atoms with E-state index in [9.17, 15) is 9.18 Å². The lowest BCUT2D eigenvalue weighted by atomic mass is 10.1. The number of halogens is 1. The van der Waals surface area contributed by atoms with Crippen LogP contribution in [-0.4, -0.2) is 11.1 Å². The fourth-order valence-corrected chi connectivity index (χ4v) is 1.84. The van der Waals surface area contributed by atoms with Crippen LogP contribution in [0.2, 0.25) is 0 Å². The molecule has 0 unspecified atom stereocenters. The van der Waals surface area contributed by atoms with E-state index in [2.05, 4.69) is 0 Å². The second-order valence-electron chi connectivity index (χ2n) is 4.38. The third-order valence-corrected chi connectivity index (χ3v) is 2.60. The molecule has 98 valence electrons. The lowest BCUT2D eigenvalue weighted by Gasteiger charge is -2.09. The Morgan fingerprint density at radius 2 is 1.74 bits per heavy atom. The lowest BCUT2D eigenvalue weighted by Crippen LogP contribution is -1.98. The van der Waals surface area contributed by atoms with E-state index in [0.29, 0.717) is 5.75 Å². The van der Waals surface area contributed by atoms with Gasteiger partial charge in [0.2, 0.25) is 0 Å². The van der Waals surface area contributed by atoms with Crippen molar-refractivity contribution in [2.45, 2.75) is 13.8 Å². The molecule has 4 heteroatoms. The smallest absolute Gasteiger partial charge is 0.335 e. The maximum Gasteiger partial charge on any atom is 0.335 e. The lowest BCUT2D eigenvalue weighted by molar-refractivity contribution is 0.0696. The number of hydrogen-bond acceptors (Lipinski definition) is 2. The van der Waals surface area contributed by atoms with Gasteiger partial charge in [-0.05, 0) is 55.3 Å². The van der Waals surface area contributed by atoms with E-state index in [1.165, 1.54) is 12.1 Å². The summed E-state index contributed by atoms with van der Waals surface area (Å²) in [5, 5.41) is 8.76. The van der Waals surface area contributed by atoms with Crippen molar-refractivity contribution < 1.29 is 19.0 Å². The Kier molecular flexibility index (Phi) is 3.51. The quantitative estimate of drug-likeness (QED) is 0.909. The van der Waals surface area contributed by atoms with Crippen LogP contribution < -0.4 is 4.74 Å². The highest BCUT2D eigenvalue weighted by molar-refractivity contribution is 5.87. The maximum absolute atomic E-state index is 13.7. The van der Waals surface area contributed by atoms with Gasteiger partial charge in [-0.3, -0.25) is 0 Å². The van der Waals surface area contributed by atoms with Crippen molar-refractivity contribution in [1.29, 1.82) is 0 Å². The first-order valence-electron chi connectivity index (χ1n) is 5.75. The van der Waals surface area contributed by atoms with E-state index in [1.54, 1.807) is 12.1 Å². The Bertz CT molecular complexity index is 615. The van der Waals surface area contributed by atoms with Crippen LogP contribution in [0.1, 0.15) is 21.5 Å². The summed E-state index contributed by atoms with van der Waals surface area (Å²) in [6, 6.07) is 9.13. The van der Waals surface area contributed by atoms with Gasteiger partial charge in [0.25, 0.3) is 0 Å². The average molecular weight is 260 g/mol. The molecule has 0 bridgehead atoms. The van der Waals surface area contributed by atoms with Crippen molar-refractivity contribution in [3.8, 4) is 11.5 Å². The zero-order chi connectivity index (χ0) is 14.0. The van der Waals surface area contributed by atoms with Gasteiger partial charge in [0.1, 0.15) is 5.75 Å². The van der Waals surface area contributed by atoms with E-state index in [1.807, 2.05) is 19.9 Å². The Morgan fingerprint density at radius 3 is 2.26 bits per heavy atom. The van der Waals surface area contributed by atoms with Gasteiger partial charge in [0.15, 0.2) is 11.6 Å². The molecule has 0 atom stereocenters. The standard InChI is InChI=1S/C15H13FO3/c1-9-5-10(2)7-12(6-9)19-14-4-3-11(15(17)18)8-13(14)16/h3-8H,1-2H3,(H,17,18). The van der Waals surface area contributed by atoms with Crippen LogP contribution in [0.15, 0.2) is 36.4 Å². The maximum atomic E-state index is 13.7. The van der Waals surface area contributed by atoms with Gasteiger partial charge >= 0.3 is 5.97 Å². The molecule has 0 aliphatic carbocycles. The fourth-order valence-electron chi connectivity index (χ4n) is 1.84. The highest BCUT2D eigenvalue weighted by Crippen LogP contribution is 2.26. The Balaban J connectivity index is 2.30. The van der Waals surface area contributed by atoms with Crippen LogP contribution >= 0.6 is 0 Å². The molecule has 0 aromatic heterocycles. The molecule has 2 aromatic carbocycles. The Labute approximate surface area is 110 Å². The van der Waals surface area contributed by atoms with Crippen molar-refractivity contribution in [2.24, 2.45) is 0 Å². The zero-order valence-electron chi connectivity index (χ0n) is 10.6. The van der Waals surface area contributed by atoms with E-state index in [0.717, 1.165) is 17.2 Å². The molecule has 0 spiro atoms. The van der Waals surface area contributed by atoms with Gasteiger partial charge in [0, 0.05) is 0 Å². The summed E-state index contributed by atoms with van der Waals surface area (Å²) < 4.78 is 19.1. The van der Waals surface area contributed by atoms with Crippen LogP contribution in [-0.2, 0) is 0 Å². The van der Waals surface area contributed by atoms with Crippen LogP contribution in [0, 0.1) is 19.7 Å². The number of carbonyl (C=O) groups is 1. The van der Waals surface area contributed by atoms with E-state index < -0.39 is 11.8 Å². The molecule has 3 nitrogen and oxygen atoms in total. The predicted molar refractivity (Wildman–Crippen MR) is 69.3 cm³/mol. The van der Waals surface area contributed by atoms with Crippen molar-refractivity contribution in [2.75, 3.05) is 0 Å². The first-order chi connectivity index (χ1) is 8.95. The van der Waals surface area contributed by atoms with Crippen molar-refractivity contribution in [1.82, 2.24) is 0 Å². The molecule has 2 aromatic rings. The van der Waals surface area contributed by atoms with Crippen molar-refractivity contribution in [3.63, 3.8) is 0 Å². The summed E-state index contributed by atoms with van der Waals surface area (Å²) in [5.41, 5.74) is 1.92. The van der Waals surface area contributed by atoms with Crippen LogP contribution in [0.5, 0.6) is 11.5 Å². The van der Waals surface area contributed by atoms with Gasteiger partial charge in [-0.1, -0.05) is 6.07 Å². The molecule has 0 aliphatic rings. The molecule has 2 rings (SSSR count). The molecular weight excluding hydrogens is 247 g/mol. The molecule has 0 aliphatic heterocycles. The minimum atomic E-state index is -1.17. The van der Waals surface area contributed by atoms with E-state index >= 15 is 0 Å². The second kappa shape index (κ2) is 5.10. The van der Waals surface area contributed by atoms with Crippen molar-refractivity contribution in [3.05, 3.63) is 58.9 Å². The van der Waals surface area contributed by atoms with Gasteiger partial charge in [0.05, 0.1) is 5.56 Å². The van der Waals surface area contributed by atoms with E-state index in [-0.39, 0.29) is 11.3 Å². The Hall–Kier alpha value is -2.36. The van der Waals surface area contributed by atoms with Crippen LogP contribution in [0.25, 0.3) is 0 Å². The summed E-state index contributed by atoms with van der Waals surface area (Å²) >= 11 is 0. The van der Waals surface area contributed by atoms with E-state index in [4.69, 9.17) is 9.84 Å². The zero-order valence-corrected chi connectivity index (χ0v) is 10.6. The van der Waals surface area contributed by atoms with Gasteiger partial charge in [-0.15, -0.1) is 0 Å². The summed E-state index contributed by atoms with van der Waals surface area (Å²) in [4.78, 5) is 10.7. The highest BCUT2D eigenvalue weighted by Gasteiger charge is 2.10. The molecule has 0 radical (unpaired) electrons. The number of hydrogen-bond donors (Lipinski definition) is 1. The fraction of sp³-hybridized carbons (Fsp3) is 0.133. The van der Waals surface area contributed by atoms with Crippen molar-refractivity contribution >= 4 is 5.97 Å². The third-order valence-electron chi connectivity index (χ3n) is 2.60. The average Bonchev–Trinajstić information content (AvgIpc) is 2.30. The molecule has 0 fully saturated rings. The number of rotatable bonds is 3. The first-order valence-corrected chi connectivity index (χ1v) is 5.75.